The molecule has 0 spiro atoms. The molecule has 1 aromatic rings. The van der Waals surface area contributed by atoms with Gasteiger partial charge in [-0.05, 0) is 24.6 Å². The lowest BCUT2D eigenvalue weighted by atomic mass is 10.1. The first-order valence-electron chi connectivity index (χ1n) is 4.99. The Labute approximate surface area is 108 Å². The van der Waals surface area contributed by atoms with Gasteiger partial charge in [-0.2, -0.15) is 0 Å². The maximum absolute atomic E-state index is 11.7. The highest BCUT2D eigenvalue weighted by atomic mass is 79.9. The Bertz CT molecular complexity index is 461. The quantitative estimate of drug-likeness (QED) is 0.852. The molecule has 0 radical (unpaired) electrons. The van der Waals surface area contributed by atoms with E-state index in [1.165, 1.54) is 0 Å². The lowest BCUT2D eigenvalue weighted by Crippen LogP contribution is -2.26. The van der Waals surface area contributed by atoms with Crippen molar-refractivity contribution in [2.75, 3.05) is 11.4 Å². The molecule has 1 aliphatic heterocycles. The number of hydrogen-bond acceptors (Lipinski definition) is 2. The smallest absolute Gasteiger partial charge is 0.227 e. The van der Waals surface area contributed by atoms with Crippen LogP contribution in [0.25, 0.3) is 0 Å². The van der Waals surface area contributed by atoms with Crippen LogP contribution in [0.4, 0.5) is 5.69 Å². The number of carbonyl (C=O) groups excluding carboxylic acids is 1. The van der Waals surface area contributed by atoms with Crippen molar-refractivity contribution in [2.45, 2.75) is 12.8 Å². The third-order valence-corrected chi connectivity index (χ3v) is 3.30. The van der Waals surface area contributed by atoms with Crippen molar-refractivity contribution >= 4 is 44.7 Å². The fourth-order valence-electron chi connectivity index (χ4n) is 1.84. The average Bonchev–Trinajstić information content (AvgIpc) is 2.63. The third-order valence-electron chi connectivity index (χ3n) is 2.59. The second-order valence-corrected chi connectivity index (χ2v) is 5.03. The molecule has 0 saturated carbocycles. The molecule has 2 N–H and O–H groups in total. The van der Waals surface area contributed by atoms with Crippen molar-refractivity contribution in [3.8, 4) is 0 Å². The van der Waals surface area contributed by atoms with Gasteiger partial charge in [-0.1, -0.05) is 28.1 Å². The highest BCUT2D eigenvalue weighted by Gasteiger charge is 2.24. The molecule has 5 heteroatoms. The predicted molar refractivity (Wildman–Crippen MR) is 71.6 cm³/mol. The molecule has 0 bridgehead atoms. The first kappa shape index (κ1) is 11.5. The van der Waals surface area contributed by atoms with E-state index in [-0.39, 0.29) is 5.91 Å². The minimum atomic E-state index is 0.135. The standard InChI is InChI=1S/C11H11BrN2OS/c12-7-3-4-8(11(13)16)9(6-7)14-5-1-2-10(14)15/h3-4,6H,1-2,5H2,(H2,13,16). The highest BCUT2D eigenvalue weighted by Crippen LogP contribution is 2.28. The van der Waals surface area contributed by atoms with Gasteiger partial charge in [-0.3, -0.25) is 4.79 Å². The molecule has 16 heavy (non-hydrogen) atoms. The molecule has 1 amide bonds. The number of anilines is 1. The van der Waals surface area contributed by atoms with Gasteiger partial charge in [0.1, 0.15) is 4.99 Å². The van der Waals surface area contributed by atoms with E-state index in [0.29, 0.717) is 11.4 Å². The number of nitrogens with zero attached hydrogens (tertiary/aromatic N) is 1. The Morgan fingerprint density at radius 3 is 2.81 bits per heavy atom. The summed E-state index contributed by atoms with van der Waals surface area (Å²) in [4.78, 5) is 13.8. The molecule has 84 valence electrons. The molecule has 3 nitrogen and oxygen atoms in total. The van der Waals surface area contributed by atoms with Crippen molar-refractivity contribution in [1.29, 1.82) is 0 Å². The van der Waals surface area contributed by atoms with Crippen LogP contribution in [-0.2, 0) is 4.79 Å². The number of hydrogen-bond donors (Lipinski definition) is 1. The lowest BCUT2D eigenvalue weighted by molar-refractivity contribution is -0.117. The summed E-state index contributed by atoms with van der Waals surface area (Å²) in [6.45, 7) is 0.741. The molecule has 0 unspecified atom stereocenters. The van der Waals surface area contributed by atoms with E-state index >= 15 is 0 Å². The van der Waals surface area contributed by atoms with Gasteiger partial charge in [-0.25, -0.2) is 0 Å². The van der Waals surface area contributed by atoms with Gasteiger partial charge in [0.2, 0.25) is 5.91 Å². The van der Waals surface area contributed by atoms with Crippen LogP contribution in [0.3, 0.4) is 0 Å². The predicted octanol–water partition coefficient (Wildman–Crippen LogP) is 2.21. The third kappa shape index (κ3) is 2.10. The number of carbonyl (C=O) groups is 1. The Morgan fingerprint density at radius 1 is 1.50 bits per heavy atom. The molecule has 1 aliphatic rings. The van der Waals surface area contributed by atoms with Crippen molar-refractivity contribution < 1.29 is 4.79 Å². The summed E-state index contributed by atoms with van der Waals surface area (Å²) in [7, 11) is 0. The molecular formula is C11H11BrN2OS. The summed E-state index contributed by atoms with van der Waals surface area (Å²) in [6, 6.07) is 5.60. The van der Waals surface area contributed by atoms with E-state index in [2.05, 4.69) is 15.9 Å². The summed E-state index contributed by atoms with van der Waals surface area (Å²) < 4.78 is 0.919. The fourth-order valence-corrected chi connectivity index (χ4v) is 2.36. The Balaban J connectivity index is 2.48. The number of halogens is 1. The second kappa shape index (κ2) is 4.51. The van der Waals surface area contributed by atoms with E-state index in [9.17, 15) is 4.79 Å². The molecule has 1 aromatic carbocycles. The van der Waals surface area contributed by atoms with Crippen molar-refractivity contribution in [1.82, 2.24) is 0 Å². The van der Waals surface area contributed by atoms with Crippen molar-refractivity contribution in [2.24, 2.45) is 5.73 Å². The summed E-state index contributed by atoms with van der Waals surface area (Å²) in [5, 5.41) is 0. The van der Waals surface area contributed by atoms with Crippen LogP contribution in [-0.4, -0.2) is 17.4 Å². The normalized spacial score (nSPS) is 15.6. The summed E-state index contributed by atoms with van der Waals surface area (Å²) in [6.07, 6.45) is 1.49. The highest BCUT2D eigenvalue weighted by molar-refractivity contribution is 9.10. The van der Waals surface area contributed by atoms with Gasteiger partial charge in [-0.15, -0.1) is 0 Å². The van der Waals surface area contributed by atoms with E-state index in [1.54, 1.807) is 4.90 Å². The average molecular weight is 299 g/mol. The zero-order valence-electron chi connectivity index (χ0n) is 8.57. The van der Waals surface area contributed by atoms with Crippen molar-refractivity contribution in [3.05, 3.63) is 28.2 Å². The number of thiocarbonyl (C=S) groups is 1. The monoisotopic (exact) mass is 298 g/mol. The molecule has 0 atom stereocenters. The maximum Gasteiger partial charge on any atom is 0.227 e. The van der Waals surface area contributed by atoms with Gasteiger partial charge in [0.25, 0.3) is 0 Å². The van der Waals surface area contributed by atoms with Crippen LogP contribution in [0, 0.1) is 0 Å². The zero-order valence-corrected chi connectivity index (χ0v) is 11.0. The number of amides is 1. The Morgan fingerprint density at radius 2 is 2.25 bits per heavy atom. The van der Waals surface area contributed by atoms with Gasteiger partial charge in [0.15, 0.2) is 0 Å². The SMILES string of the molecule is NC(=S)c1ccc(Br)cc1N1CCCC1=O. The summed E-state index contributed by atoms with van der Waals surface area (Å²) in [5.74, 6) is 0.135. The number of benzene rings is 1. The van der Waals surface area contributed by atoms with Crippen LogP contribution >= 0.6 is 28.1 Å². The van der Waals surface area contributed by atoms with E-state index in [0.717, 1.165) is 28.7 Å². The molecule has 1 saturated heterocycles. The number of nitrogens with two attached hydrogens (primary N) is 1. The molecule has 0 aromatic heterocycles. The van der Waals surface area contributed by atoms with E-state index in [1.807, 2.05) is 18.2 Å². The minimum absolute atomic E-state index is 0.135. The largest absolute Gasteiger partial charge is 0.389 e. The molecular weight excluding hydrogens is 288 g/mol. The first-order valence-corrected chi connectivity index (χ1v) is 6.19. The molecule has 0 aliphatic carbocycles. The van der Waals surface area contributed by atoms with E-state index < -0.39 is 0 Å². The first-order chi connectivity index (χ1) is 7.59. The van der Waals surface area contributed by atoms with Crippen molar-refractivity contribution in [3.63, 3.8) is 0 Å². The van der Waals surface area contributed by atoms with Gasteiger partial charge in [0, 0.05) is 23.0 Å². The van der Waals surface area contributed by atoms with Gasteiger partial charge < -0.3 is 10.6 Å². The van der Waals surface area contributed by atoms with Crippen LogP contribution in [0.1, 0.15) is 18.4 Å². The molecule has 1 heterocycles. The second-order valence-electron chi connectivity index (χ2n) is 3.67. The summed E-state index contributed by atoms with van der Waals surface area (Å²) >= 11 is 8.38. The van der Waals surface area contributed by atoms with Crippen LogP contribution in [0.15, 0.2) is 22.7 Å². The summed E-state index contributed by atoms with van der Waals surface area (Å²) in [5.41, 5.74) is 7.22. The van der Waals surface area contributed by atoms with Crippen LogP contribution in [0.5, 0.6) is 0 Å². The lowest BCUT2D eigenvalue weighted by Gasteiger charge is -2.19. The van der Waals surface area contributed by atoms with E-state index in [4.69, 9.17) is 18.0 Å². The zero-order chi connectivity index (χ0) is 11.7. The van der Waals surface area contributed by atoms with Gasteiger partial charge >= 0.3 is 0 Å². The number of rotatable bonds is 2. The maximum atomic E-state index is 11.7. The van der Waals surface area contributed by atoms with Crippen LogP contribution in [0.2, 0.25) is 0 Å². The topological polar surface area (TPSA) is 46.3 Å². The molecule has 2 rings (SSSR count). The molecule has 1 fully saturated rings. The van der Waals surface area contributed by atoms with Crippen LogP contribution < -0.4 is 10.6 Å². The Hall–Kier alpha value is -0.940. The Kier molecular flexibility index (Phi) is 3.25. The minimum Gasteiger partial charge on any atom is -0.389 e. The van der Waals surface area contributed by atoms with Gasteiger partial charge in [0.05, 0.1) is 5.69 Å². The fraction of sp³-hybridized carbons (Fsp3) is 0.273.